The lowest BCUT2D eigenvalue weighted by molar-refractivity contribution is -0.121. The van der Waals surface area contributed by atoms with Crippen molar-refractivity contribution in [2.45, 2.75) is 25.7 Å². The Kier molecular flexibility index (Phi) is 6.29. The molecule has 0 saturated carbocycles. The monoisotopic (exact) mass is 453 g/mol. The first kappa shape index (κ1) is 21.8. The summed E-state index contributed by atoms with van der Waals surface area (Å²) in [6.45, 7) is 2.96. The Morgan fingerprint density at radius 1 is 1.00 bits per heavy atom. The lowest BCUT2D eigenvalue weighted by Crippen LogP contribution is -2.27. The number of aromatic nitrogens is 2. The molecule has 0 aliphatic carbocycles. The summed E-state index contributed by atoms with van der Waals surface area (Å²) < 4.78 is 12.9. The third kappa shape index (κ3) is 4.81. The van der Waals surface area contributed by atoms with Crippen molar-refractivity contribution in [2.24, 2.45) is 0 Å². The van der Waals surface area contributed by atoms with Gasteiger partial charge in [-0.15, -0.1) is 0 Å². The summed E-state index contributed by atoms with van der Waals surface area (Å²) in [4.78, 5) is 12.7. The predicted molar refractivity (Wildman–Crippen MR) is 131 cm³/mol. The molecule has 1 aromatic heterocycles. The van der Waals surface area contributed by atoms with Crippen LogP contribution in [0.3, 0.4) is 0 Å². The van der Waals surface area contributed by atoms with E-state index in [1.165, 1.54) is 5.56 Å². The number of carbonyl (C=O) groups is 1. The minimum atomic E-state index is 0.0341. The van der Waals surface area contributed by atoms with E-state index in [2.05, 4.69) is 24.4 Å². The summed E-state index contributed by atoms with van der Waals surface area (Å²) in [5.41, 5.74) is 4.97. The number of rotatable bonds is 8. The Bertz CT molecular complexity index is 1270. The van der Waals surface area contributed by atoms with Crippen LogP contribution in [0.15, 0.2) is 85.1 Å². The van der Waals surface area contributed by atoms with E-state index in [4.69, 9.17) is 14.6 Å². The van der Waals surface area contributed by atoms with Crippen molar-refractivity contribution in [1.29, 1.82) is 0 Å². The number of amides is 1. The van der Waals surface area contributed by atoms with E-state index in [0.29, 0.717) is 25.1 Å². The lowest BCUT2D eigenvalue weighted by Gasteiger charge is -2.13. The van der Waals surface area contributed by atoms with Gasteiger partial charge in [0.2, 0.25) is 12.7 Å². The molecule has 1 aliphatic rings. The highest BCUT2D eigenvalue weighted by atomic mass is 16.7. The number of nitrogens with one attached hydrogen (secondary N) is 1. The molecule has 4 aromatic rings. The van der Waals surface area contributed by atoms with E-state index >= 15 is 0 Å². The lowest BCUT2D eigenvalue weighted by atomic mass is 10.0. The molecule has 172 valence electrons. The number of hydrogen-bond acceptors (Lipinski definition) is 4. The van der Waals surface area contributed by atoms with Gasteiger partial charge >= 0.3 is 0 Å². The van der Waals surface area contributed by atoms with Crippen LogP contribution >= 0.6 is 0 Å². The quantitative estimate of drug-likeness (QED) is 0.402. The molecule has 6 heteroatoms. The molecule has 1 aliphatic heterocycles. The van der Waals surface area contributed by atoms with Crippen LogP contribution in [0.5, 0.6) is 11.5 Å². The number of hydrogen-bond donors (Lipinski definition) is 1. The summed E-state index contributed by atoms with van der Waals surface area (Å²) >= 11 is 0. The van der Waals surface area contributed by atoms with Crippen LogP contribution in [-0.4, -0.2) is 29.0 Å². The third-order valence-corrected chi connectivity index (χ3v) is 6.05. The topological polar surface area (TPSA) is 65.4 Å². The highest BCUT2D eigenvalue weighted by Crippen LogP contribution is 2.36. The maximum absolute atomic E-state index is 12.7. The molecular formula is C28H27N3O3. The molecule has 0 bridgehead atoms. The van der Waals surface area contributed by atoms with Crippen LogP contribution in [0.4, 0.5) is 0 Å². The Hall–Kier alpha value is -4.06. The average molecular weight is 454 g/mol. The molecule has 1 unspecified atom stereocenters. The molecule has 0 saturated heterocycles. The number of ether oxygens (including phenoxy) is 2. The zero-order chi connectivity index (χ0) is 23.3. The van der Waals surface area contributed by atoms with Crippen LogP contribution in [0.25, 0.3) is 16.9 Å². The average Bonchev–Trinajstić information content (AvgIpc) is 3.54. The van der Waals surface area contributed by atoms with Crippen LogP contribution < -0.4 is 14.8 Å². The standard InChI is InChI=1S/C28H27N3O3/c1-20(21-8-4-2-5-9-21)17-29-27(32)15-13-23-18-31(24-10-6-3-7-11-24)30-28(23)22-12-14-25-26(16-22)34-19-33-25/h2-12,14,16,18,20H,13,15,17,19H2,1H3,(H,29,32). The minimum absolute atomic E-state index is 0.0341. The number of carbonyl (C=O) groups excluding carboxylic acids is 1. The first-order chi connectivity index (χ1) is 16.7. The maximum atomic E-state index is 12.7. The molecule has 0 spiro atoms. The largest absolute Gasteiger partial charge is 0.454 e. The molecule has 3 aromatic carbocycles. The highest BCUT2D eigenvalue weighted by Gasteiger charge is 2.19. The van der Waals surface area contributed by atoms with Crippen LogP contribution in [0.1, 0.15) is 30.4 Å². The van der Waals surface area contributed by atoms with Crippen molar-refractivity contribution >= 4 is 5.91 Å². The summed E-state index contributed by atoms with van der Waals surface area (Å²) in [7, 11) is 0. The van der Waals surface area contributed by atoms with Crippen LogP contribution in [0, 0.1) is 0 Å². The van der Waals surface area contributed by atoms with Crippen LogP contribution in [0.2, 0.25) is 0 Å². The molecule has 0 radical (unpaired) electrons. The number of aryl methyl sites for hydroxylation is 1. The summed E-state index contributed by atoms with van der Waals surface area (Å²) in [6, 6.07) is 26.0. The Morgan fingerprint density at radius 2 is 1.74 bits per heavy atom. The zero-order valence-corrected chi connectivity index (χ0v) is 19.1. The van der Waals surface area contributed by atoms with Gasteiger partial charge in [-0.25, -0.2) is 4.68 Å². The van der Waals surface area contributed by atoms with E-state index < -0.39 is 0 Å². The van der Waals surface area contributed by atoms with Crippen molar-refractivity contribution in [3.63, 3.8) is 0 Å². The highest BCUT2D eigenvalue weighted by molar-refractivity contribution is 5.77. The van der Waals surface area contributed by atoms with Gasteiger partial charge in [0.05, 0.1) is 11.4 Å². The molecule has 6 nitrogen and oxygen atoms in total. The molecule has 5 rings (SSSR count). The fourth-order valence-corrected chi connectivity index (χ4v) is 4.10. The first-order valence-electron chi connectivity index (χ1n) is 11.5. The molecule has 2 heterocycles. The number of para-hydroxylation sites is 1. The number of nitrogens with zero attached hydrogens (tertiary/aromatic N) is 2. The maximum Gasteiger partial charge on any atom is 0.231 e. The second kappa shape index (κ2) is 9.83. The second-order valence-corrected chi connectivity index (χ2v) is 8.47. The van der Waals surface area contributed by atoms with Gasteiger partial charge < -0.3 is 14.8 Å². The Balaban J connectivity index is 1.32. The third-order valence-electron chi connectivity index (χ3n) is 6.05. The van der Waals surface area contributed by atoms with Crippen molar-refractivity contribution < 1.29 is 14.3 Å². The van der Waals surface area contributed by atoms with E-state index in [1.807, 2.05) is 77.6 Å². The van der Waals surface area contributed by atoms with Crippen molar-refractivity contribution in [3.8, 4) is 28.4 Å². The van der Waals surface area contributed by atoms with Crippen molar-refractivity contribution in [2.75, 3.05) is 13.3 Å². The molecule has 1 amide bonds. The van der Waals surface area contributed by atoms with E-state index in [9.17, 15) is 4.79 Å². The van der Waals surface area contributed by atoms with Gasteiger partial charge in [-0.05, 0) is 53.8 Å². The van der Waals surface area contributed by atoms with Gasteiger partial charge in [-0.2, -0.15) is 5.10 Å². The second-order valence-electron chi connectivity index (χ2n) is 8.47. The van der Waals surface area contributed by atoms with Gasteiger partial charge in [-0.3, -0.25) is 4.79 Å². The molecule has 0 fully saturated rings. The minimum Gasteiger partial charge on any atom is -0.454 e. The fourth-order valence-electron chi connectivity index (χ4n) is 4.10. The SMILES string of the molecule is CC(CNC(=O)CCc1cn(-c2ccccc2)nc1-c1ccc2c(c1)OCO2)c1ccccc1. The smallest absolute Gasteiger partial charge is 0.231 e. The molecule has 1 atom stereocenters. The molecule has 34 heavy (non-hydrogen) atoms. The Morgan fingerprint density at radius 3 is 2.53 bits per heavy atom. The van der Waals surface area contributed by atoms with Gasteiger partial charge in [0.25, 0.3) is 0 Å². The van der Waals surface area contributed by atoms with E-state index in [-0.39, 0.29) is 18.6 Å². The fraction of sp³-hybridized carbons (Fsp3) is 0.214. The van der Waals surface area contributed by atoms with Crippen molar-refractivity contribution in [3.05, 3.63) is 96.2 Å². The summed E-state index contributed by atoms with van der Waals surface area (Å²) in [5.74, 6) is 1.74. The zero-order valence-electron chi connectivity index (χ0n) is 19.1. The van der Waals surface area contributed by atoms with E-state index in [0.717, 1.165) is 28.3 Å². The van der Waals surface area contributed by atoms with Gasteiger partial charge in [0.1, 0.15) is 0 Å². The van der Waals surface area contributed by atoms with Gasteiger partial charge in [0.15, 0.2) is 11.5 Å². The first-order valence-corrected chi connectivity index (χ1v) is 11.5. The summed E-state index contributed by atoms with van der Waals surface area (Å²) in [6.07, 6.45) is 2.98. The summed E-state index contributed by atoms with van der Waals surface area (Å²) in [5, 5.41) is 7.94. The normalized spacial score (nSPS) is 13.0. The predicted octanol–water partition coefficient (Wildman–Crippen LogP) is 5.12. The molecule has 1 N–H and O–H groups in total. The number of benzene rings is 3. The van der Waals surface area contributed by atoms with Gasteiger partial charge in [-0.1, -0.05) is 55.5 Å². The van der Waals surface area contributed by atoms with Gasteiger partial charge in [0, 0.05) is 24.7 Å². The van der Waals surface area contributed by atoms with Crippen LogP contribution in [-0.2, 0) is 11.2 Å². The molecular weight excluding hydrogens is 426 g/mol. The van der Waals surface area contributed by atoms with Crippen molar-refractivity contribution in [1.82, 2.24) is 15.1 Å². The number of fused-ring (bicyclic) bond motifs is 1. The Labute approximate surface area is 199 Å². The van der Waals surface area contributed by atoms with E-state index in [1.54, 1.807) is 0 Å².